The van der Waals surface area contributed by atoms with Gasteiger partial charge in [0.1, 0.15) is 17.1 Å². The molecule has 5 nitrogen and oxygen atoms in total. The average Bonchev–Trinajstić information content (AvgIpc) is 2.66. The first-order valence-electron chi connectivity index (χ1n) is 9.48. The molecule has 0 amide bonds. The molecule has 0 bridgehead atoms. The molecule has 0 aliphatic rings. The first kappa shape index (κ1) is 21.4. The van der Waals surface area contributed by atoms with Gasteiger partial charge in [-0.2, -0.15) is 18.2 Å². The second-order valence-corrected chi connectivity index (χ2v) is 7.31. The van der Waals surface area contributed by atoms with Crippen LogP contribution >= 0.6 is 0 Å². The van der Waals surface area contributed by atoms with Gasteiger partial charge in [0.15, 0.2) is 0 Å². The van der Waals surface area contributed by atoms with Gasteiger partial charge in [-0.15, -0.1) is 0 Å². The lowest BCUT2D eigenvalue weighted by molar-refractivity contribution is -0.137. The van der Waals surface area contributed by atoms with E-state index < -0.39 is 11.7 Å². The standard InChI is InChI=1S/C22H23F3N4O/c1-14(2)13-30-18-9-5-8-17(11-18)27-20-19(22(23,24)25)12-26-21(29-20)28-16-7-4-6-15(3)10-16/h4-12,14H,13H2,1-3H3,(H2,26,27,28,29). The maximum Gasteiger partial charge on any atom is 0.421 e. The maximum atomic E-state index is 13.5. The van der Waals surface area contributed by atoms with E-state index in [4.69, 9.17) is 4.74 Å². The minimum absolute atomic E-state index is 0.0586. The highest BCUT2D eigenvalue weighted by molar-refractivity contribution is 5.64. The quantitative estimate of drug-likeness (QED) is 0.472. The molecule has 0 aliphatic heterocycles. The minimum Gasteiger partial charge on any atom is -0.493 e. The summed E-state index contributed by atoms with van der Waals surface area (Å²) in [6, 6.07) is 14.1. The van der Waals surface area contributed by atoms with Gasteiger partial charge >= 0.3 is 6.18 Å². The first-order chi connectivity index (χ1) is 14.2. The molecule has 2 N–H and O–H groups in total. The Morgan fingerprint density at radius 2 is 1.70 bits per heavy atom. The Kier molecular flexibility index (Phi) is 6.44. The topological polar surface area (TPSA) is 59.1 Å². The largest absolute Gasteiger partial charge is 0.493 e. The van der Waals surface area contributed by atoms with E-state index in [0.717, 1.165) is 11.8 Å². The zero-order valence-electron chi connectivity index (χ0n) is 16.9. The summed E-state index contributed by atoms with van der Waals surface area (Å²) in [6.45, 7) is 6.46. The number of aromatic nitrogens is 2. The maximum absolute atomic E-state index is 13.5. The number of anilines is 4. The number of ether oxygens (including phenoxy) is 1. The Hall–Kier alpha value is -3.29. The van der Waals surface area contributed by atoms with Crippen LogP contribution in [0.2, 0.25) is 0 Å². The second kappa shape index (κ2) is 9.02. The number of nitrogens with zero attached hydrogens (tertiary/aromatic N) is 2. The highest BCUT2D eigenvalue weighted by Crippen LogP contribution is 2.35. The van der Waals surface area contributed by atoms with Crippen LogP contribution in [0, 0.1) is 12.8 Å². The molecule has 30 heavy (non-hydrogen) atoms. The summed E-state index contributed by atoms with van der Waals surface area (Å²) in [7, 11) is 0. The predicted molar refractivity (Wildman–Crippen MR) is 112 cm³/mol. The van der Waals surface area contributed by atoms with Crippen molar-refractivity contribution in [3.05, 3.63) is 65.9 Å². The van der Waals surface area contributed by atoms with Crippen molar-refractivity contribution in [3.63, 3.8) is 0 Å². The second-order valence-electron chi connectivity index (χ2n) is 7.31. The first-order valence-corrected chi connectivity index (χ1v) is 9.48. The van der Waals surface area contributed by atoms with Crippen molar-refractivity contribution in [3.8, 4) is 5.75 Å². The molecule has 1 heterocycles. The van der Waals surface area contributed by atoms with E-state index in [0.29, 0.717) is 29.6 Å². The van der Waals surface area contributed by atoms with Crippen molar-refractivity contribution >= 4 is 23.1 Å². The van der Waals surface area contributed by atoms with Gasteiger partial charge in [-0.25, -0.2) is 4.98 Å². The van der Waals surface area contributed by atoms with E-state index in [1.807, 2.05) is 39.0 Å². The molecule has 3 rings (SSSR count). The molecule has 0 fully saturated rings. The number of aryl methyl sites for hydroxylation is 1. The van der Waals surface area contributed by atoms with E-state index in [2.05, 4.69) is 20.6 Å². The minimum atomic E-state index is -4.60. The number of rotatable bonds is 7. The van der Waals surface area contributed by atoms with Crippen LogP contribution in [-0.4, -0.2) is 16.6 Å². The molecule has 0 atom stereocenters. The summed E-state index contributed by atoms with van der Waals surface area (Å²) in [5.41, 5.74) is 1.17. The number of benzene rings is 2. The summed E-state index contributed by atoms with van der Waals surface area (Å²) < 4.78 is 46.1. The molecule has 0 aliphatic carbocycles. The van der Waals surface area contributed by atoms with Gasteiger partial charge in [0.05, 0.1) is 6.61 Å². The SMILES string of the molecule is Cc1cccc(Nc2ncc(C(F)(F)F)c(Nc3cccc(OCC(C)C)c3)n2)c1. The summed E-state index contributed by atoms with van der Waals surface area (Å²) in [6.07, 6.45) is -3.83. The van der Waals surface area contributed by atoms with Crippen LogP contribution in [0.5, 0.6) is 5.75 Å². The molecular formula is C22H23F3N4O. The highest BCUT2D eigenvalue weighted by atomic mass is 19.4. The monoisotopic (exact) mass is 416 g/mol. The molecular weight excluding hydrogens is 393 g/mol. The Labute approximate surface area is 173 Å². The lowest BCUT2D eigenvalue weighted by atomic mass is 10.2. The smallest absolute Gasteiger partial charge is 0.421 e. The van der Waals surface area contributed by atoms with Gasteiger partial charge < -0.3 is 15.4 Å². The Morgan fingerprint density at radius 1 is 1.00 bits per heavy atom. The summed E-state index contributed by atoms with van der Waals surface area (Å²) >= 11 is 0. The van der Waals surface area contributed by atoms with Gasteiger partial charge in [-0.05, 0) is 42.7 Å². The van der Waals surface area contributed by atoms with Crippen LogP contribution in [0.4, 0.5) is 36.3 Å². The third-order valence-corrected chi connectivity index (χ3v) is 4.05. The molecule has 1 aromatic heterocycles. The normalized spacial score (nSPS) is 11.4. The van der Waals surface area contributed by atoms with E-state index in [9.17, 15) is 13.2 Å². The number of halogens is 3. The number of nitrogens with one attached hydrogen (secondary N) is 2. The van der Waals surface area contributed by atoms with Crippen LogP contribution in [0.25, 0.3) is 0 Å². The molecule has 3 aromatic rings. The van der Waals surface area contributed by atoms with Crippen molar-refractivity contribution in [1.29, 1.82) is 0 Å². The van der Waals surface area contributed by atoms with Crippen LogP contribution in [0.15, 0.2) is 54.7 Å². The van der Waals surface area contributed by atoms with Gasteiger partial charge in [-0.1, -0.05) is 32.0 Å². The van der Waals surface area contributed by atoms with Gasteiger partial charge in [0, 0.05) is 23.6 Å². The molecule has 0 spiro atoms. The third-order valence-electron chi connectivity index (χ3n) is 4.05. The lowest BCUT2D eigenvalue weighted by Gasteiger charge is -2.16. The summed E-state index contributed by atoms with van der Waals surface area (Å²) in [5.74, 6) is 0.613. The average molecular weight is 416 g/mol. The van der Waals surface area contributed by atoms with E-state index in [-0.39, 0.29) is 11.8 Å². The zero-order valence-corrected chi connectivity index (χ0v) is 16.9. The van der Waals surface area contributed by atoms with Crippen molar-refractivity contribution in [2.45, 2.75) is 26.9 Å². The summed E-state index contributed by atoms with van der Waals surface area (Å²) in [5, 5.41) is 5.69. The molecule has 0 saturated heterocycles. The number of hydrogen-bond donors (Lipinski definition) is 2. The Bertz CT molecular complexity index is 1010. The van der Waals surface area contributed by atoms with E-state index in [1.165, 1.54) is 0 Å². The van der Waals surface area contributed by atoms with Gasteiger partial charge in [-0.3, -0.25) is 0 Å². The molecule has 2 aromatic carbocycles. The van der Waals surface area contributed by atoms with Gasteiger partial charge in [0.2, 0.25) is 5.95 Å². The van der Waals surface area contributed by atoms with Crippen molar-refractivity contribution in [2.24, 2.45) is 5.92 Å². The fourth-order valence-corrected chi connectivity index (χ4v) is 2.66. The van der Waals surface area contributed by atoms with Crippen LogP contribution in [-0.2, 0) is 6.18 Å². The zero-order chi connectivity index (χ0) is 21.7. The number of alkyl halides is 3. The van der Waals surface area contributed by atoms with Gasteiger partial charge in [0.25, 0.3) is 0 Å². The van der Waals surface area contributed by atoms with Crippen LogP contribution < -0.4 is 15.4 Å². The predicted octanol–water partition coefficient (Wildman–Crippen LogP) is 6.33. The molecule has 158 valence electrons. The van der Waals surface area contributed by atoms with Crippen molar-refractivity contribution in [2.75, 3.05) is 17.2 Å². The van der Waals surface area contributed by atoms with Crippen LogP contribution in [0.3, 0.4) is 0 Å². The Morgan fingerprint density at radius 3 is 2.37 bits per heavy atom. The van der Waals surface area contributed by atoms with Crippen molar-refractivity contribution < 1.29 is 17.9 Å². The molecule has 8 heteroatoms. The number of hydrogen-bond acceptors (Lipinski definition) is 5. The van der Waals surface area contributed by atoms with Crippen molar-refractivity contribution in [1.82, 2.24) is 9.97 Å². The van der Waals surface area contributed by atoms with E-state index in [1.54, 1.807) is 30.3 Å². The van der Waals surface area contributed by atoms with E-state index >= 15 is 0 Å². The highest BCUT2D eigenvalue weighted by Gasteiger charge is 2.35. The lowest BCUT2D eigenvalue weighted by Crippen LogP contribution is -2.12. The molecule has 0 radical (unpaired) electrons. The summed E-state index contributed by atoms with van der Waals surface area (Å²) in [4.78, 5) is 7.90. The molecule has 0 unspecified atom stereocenters. The Balaban J connectivity index is 1.88. The molecule has 0 saturated carbocycles. The van der Waals surface area contributed by atoms with Crippen LogP contribution in [0.1, 0.15) is 25.0 Å². The third kappa shape index (κ3) is 5.85. The fraction of sp³-hybridized carbons (Fsp3) is 0.273. The fourth-order valence-electron chi connectivity index (χ4n) is 2.66.